The third-order valence-corrected chi connectivity index (χ3v) is 4.86. The molecule has 3 amide bonds. The van der Waals surface area contributed by atoms with E-state index in [0.717, 1.165) is 25.8 Å². The first-order chi connectivity index (χ1) is 11.1. The van der Waals surface area contributed by atoms with Crippen LogP contribution in [0.5, 0.6) is 0 Å². The number of nitrogens with zero attached hydrogens (tertiary/aromatic N) is 2. The Kier molecular flexibility index (Phi) is 5.06. The second-order valence-electron chi connectivity index (χ2n) is 6.23. The van der Waals surface area contributed by atoms with Crippen LogP contribution in [0.15, 0.2) is 24.3 Å². The first-order valence-electron chi connectivity index (χ1n) is 8.24. The van der Waals surface area contributed by atoms with Gasteiger partial charge in [0, 0.05) is 42.8 Å². The summed E-state index contributed by atoms with van der Waals surface area (Å²) in [6.45, 7) is 2.61. The van der Waals surface area contributed by atoms with E-state index in [-0.39, 0.29) is 17.9 Å². The van der Waals surface area contributed by atoms with E-state index in [2.05, 4.69) is 5.32 Å². The zero-order valence-electron chi connectivity index (χ0n) is 13.1. The van der Waals surface area contributed by atoms with Crippen LogP contribution in [0.25, 0.3) is 0 Å². The third-order valence-electron chi connectivity index (χ3n) is 4.63. The minimum atomic E-state index is -0.134. The molecular weight excluding hydrogens is 314 g/mol. The molecule has 0 radical (unpaired) electrons. The van der Waals surface area contributed by atoms with E-state index in [1.165, 1.54) is 6.42 Å². The molecule has 1 saturated heterocycles. The molecule has 1 heterocycles. The summed E-state index contributed by atoms with van der Waals surface area (Å²) in [5.41, 5.74) is 0.689. The summed E-state index contributed by atoms with van der Waals surface area (Å²) in [6, 6.07) is 6.98. The smallest absolute Gasteiger partial charge is 0.321 e. The van der Waals surface area contributed by atoms with Crippen LogP contribution in [0.1, 0.15) is 25.7 Å². The number of anilines is 1. The maximum atomic E-state index is 12.4. The molecule has 1 aliphatic carbocycles. The molecule has 0 aromatic heterocycles. The molecule has 124 valence electrons. The highest BCUT2D eigenvalue weighted by Crippen LogP contribution is 2.28. The Morgan fingerprint density at radius 2 is 1.78 bits per heavy atom. The van der Waals surface area contributed by atoms with Crippen molar-refractivity contribution in [1.29, 1.82) is 0 Å². The molecule has 0 atom stereocenters. The topological polar surface area (TPSA) is 52.7 Å². The van der Waals surface area contributed by atoms with Crippen molar-refractivity contribution in [3.63, 3.8) is 0 Å². The van der Waals surface area contributed by atoms with Crippen molar-refractivity contribution in [3.05, 3.63) is 29.3 Å². The van der Waals surface area contributed by atoms with Gasteiger partial charge in [0.05, 0.1) is 0 Å². The fourth-order valence-electron chi connectivity index (χ4n) is 3.02. The molecule has 1 aromatic rings. The van der Waals surface area contributed by atoms with E-state index < -0.39 is 0 Å². The highest BCUT2D eigenvalue weighted by atomic mass is 35.5. The monoisotopic (exact) mass is 335 g/mol. The summed E-state index contributed by atoms with van der Waals surface area (Å²) >= 11 is 5.93. The summed E-state index contributed by atoms with van der Waals surface area (Å²) in [7, 11) is 0. The largest absolute Gasteiger partial charge is 0.341 e. The lowest BCUT2D eigenvalue weighted by Crippen LogP contribution is -2.42. The maximum absolute atomic E-state index is 12.4. The van der Waals surface area contributed by atoms with Crippen molar-refractivity contribution in [3.8, 4) is 0 Å². The number of urea groups is 1. The number of carbonyl (C=O) groups is 2. The molecule has 0 spiro atoms. The van der Waals surface area contributed by atoms with Crippen LogP contribution in [0.4, 0.5) is 10.5 Å². The summed E-state index contributed by atoms with van der Waals surface area (Å²) < 4.78 is 0. The second-order valence-corrected chi connectivity index (χ2v) is 6.67. The van der Waals surface area contributed by atoms with Crippen molar-refractivity contribution in [2.24, 2.45) is 5.92 Å². The lowest BCUT2D eigenvalue weighted by Gasteiger charge is -2.31. The summed E-state index contributed by atoms with van der Waals surface area (Å²) in [5.74, 6) is 0.496. The summed E-state index contributed by atoms with van der Waals surface area (Å²) in [5, 5.41) is 3.46. The summed E-state index contributed by atoms with van der Waals surface area (Å²) in [4.78, 5) is 28.4. The van der Waals surface area contributed by atoms with Crippen LogP contribution >= 0.6 is 11.6 Å². The summed E-state index contributed by atoms with van der Waals surface area (Å²) in [6.07, 6.45) is 4.03. The van der Waals surface area contributed by atoms with Gasteiger partial charge < -0.3 is 15.1 Å². The minimum absolute atomic E-state index is 0.134. The SMILES string of the molecule is O=C(Nc1cccc(Cl)c1)N1CCCN(C(=O)C2CCC2)CC1. The van der Waals surface area contributed by atoms with Crippen molar-refractivity contribution >= 4 is 29.2 Å². The van der Waals surface area contributed by atoms with E-state index in [9.17, 15) is 9.59 Å². The third kappa shape index (κ3) is 3.96. The van der Waals surface area contributed by atoms with E-state index in [0.29, 0.717) is 30.3 Å². The van der Waals surface area contributed by atoms with Gasteiger partial charge in [0.1, 0.15) is 0 Å². The number of hydrogen-bond acceptors (Lipinski definition) is 2. The number of hydrogen-bond donors (Lipinski definition) is 1. The van der Waals surface area contributed by atoms with Crippen molar-refractivity contribution in [2.75, 3.05) is 31.5 Å². The lowest BCUT2D eigenvalue weighted by atomic mass is 9.84. The van der Waals surface area contributed by atoms with E-state index in [4.69, 9.17) is 11.6 Å². The molecule has 1 aromatic carbocycles. The maximum Gasteiger partial charge on any atom is 0.321 e. The molecule has 2 fully saturated rings. The molecule has 5 nitrogen and oxygen atoms in total. The van der Waals surface area contributed by atoms with Crippen LogP contribution in [-0.4, -0.2) is 47.9 Å². The quantitative estimate of drug-likeness (QED) is 0.902. The number of nitrogens with one attached hydrogen (secondary N) is 1. The van der Waals surface area contributed by atoms with E-state index >= 15 is 0 Å². The number of halogens is 1. The number of rotatable bonds is 2. The Bertz CT molecular complexity index is 589. The number of carbonyl (C=O) groups excluding carboxylic acids is 2. The molecule has 2 aliphatic rings. The zero-order valence-corrected chi connectivity index (χ0v) is 13.9. The number of amides is 3. The van der Waals surface area contributed by atoms with Crippen LogP contribution in [0, 0.1) is 5.92 Å². The molecule has 6 heteroatoms. The Morgan fingerprint density at radius 1 is 1.04 bits per heavy atom. The average molecular weight is 336 g/mol. The zero-order chi connectivity index (χ0) is 16.2. The average Bonchev–Trinajstić information content (AvgIpc) is 2.71. The Labute approximate surface area is 141 Å². The molecule has 3 rings (SSSR count). The normalized spacial score (nSPS) is 19.0. The first-order valence-corrected chi connectivity index (χ1v) is 8.61. The van der Waals surface area contributed by atoms with Gasteiger partial charge in [-0.2, -0.15) is 0 Å². The second kappa shape index (κ2) is 7.21. The Balaban J connectivity index is 1.54. The van der Waals surface area contributed by atoms with Gasteiger partial charge in [-0.1, -0.05) is 24.1 Å². The van der Waals surface area contributed by atoms with Gasteiger partial charge in [0.25, 0.3) is 0 Å². The number of benzene rings is 1. The molecule has 1 aliphatic heterocycles. The van der Waals surface area contributed by atoms with Crippen LogP contribution < -0.4 is 5.32 Å². The minimum Gasteiger partial charge on any atom is -0.341 e. The van der Waals surface area contributed by atoms with Crippen LogP contribution in [0.2, 0.25) is 5.02 Å². The molecule has 1 N–H and O–H groups in total. The van der Waals surface area contributed by atoms with Gasteiger partial charge in [-0.05, 0) is 37.5 Å². The molecule has 1 saturated carbocycles. The predicted octanol–water partition coefficient (Wildman–Crippen LogP) is 3.21. The van der Waals surface area contributed by atoms with E-state index in [1.54, 1.807) is 23.1 Å². The highest BCUT2D eigenvalue weighted by Gasteiger charge is 2.30. The van der Waals surface area contributed by atoms with E-state index in [1.807, 2.05) is 11.0 Å². The van der Waals surface area contributed by atoms with Gasteiger partial charge in [-0.25, -0.2) is 4.79 Å². The predicted molar refractivity (Wildman–Crippen MR) is 90.6 cm³/mol. The van der Waals surface area contributed by atoms with Gasteiger partial charge in [0.2, 0.25) is 5.91 Å². The lowest BCUT2D eigenvalue weighted by molar-refractivity contribution is -0.138. The fraction of sp³-hybridized carbons (Fsp3) is 0.529. The van der Waals surface area contributed by atoms with Crippen molar-refractivity contribution in [2.45, 2.75) is 25.7 Å². The Hall–Kier alpha value is -1.75. The van der Waals surface area contributed by atoms with Gasteiger partial charge >= 0.3 is 6.03 Å². The highest BCUT2D eigenvalue weighted by molar-refractivity contribution is 6.30. The standard InChI is InChI=1S/C17H22ClN3O2/c18-14-6-2-7-15(12-14)19-17(23)21-9-3-8-20(10-11-21)16(22)13-4-1-5-13/h2,6-7,12-13H,1,3-5,8-11H2,(H,19,23). The fourth-order valence-corrected chi connectivity index (χ4v) is 3.21. The molecule has 23 heavy (non-hydrogen) atoms. The van der Waals surface area contributed by atoms with Crippen LogP contribution in [0.3, 0.4) is 0 Å². The van der Waals surface area contributed by atoms with Crippen molar-refractivity contribution in [1.82, 2.24) is 9.80 Å². The van der Waals surface area contributed by atoms with Crippen LogP contribution in [-0.2, 0) is 4.79 Å². The molecule has 0 unspecified atom stereocenters. The molecule has 0 bridgehead atoms. The Morgan fingerprint density at radius 3 is 2.48 bits per heavy atom. The van der Waals surface area contributed by atoms with Gasteiger partial charge in [-0.3, -0.25) is 4.79 Å². The van der Waals surface area contributed by atoms with Gasteiger partial charge in [-0.15, -0.1) is 0 Å². The van der Waals surface area contributed by atoms with Gasteiger partial charge in [0.15, 0.2) is 0 Å². The molecular formula is C17H22ClN3O2. The van der Waals surface area contributed by atoms with Crippen molar-refractivity contribution < 1.29 is 9.59 Å². The first kappa shape index (κ1) is 16.1.